The summed E-state index contributed by atoms with van der Waals surface area (Å²) in [5.74, 6) is 2.02. The molecule has 6 nitrogen and oxygen atoms in total. The van der Waals surface area contributed by atoms with Crippen LogP contribution in [-0.2, 0) is 11.3 Å². The molecule has 4 heterocycles. The quantitative estimate of drug-likeness (QED) is 0.706. The highest BCUT2D eigenvalue weighted by molar-refractivity contribution is 7.99. The van der Waals surface area contributed by atoms with E-state index in [1.165, 1.54) is 10.5 Å². The molecule has 3 N–H and O–H groups in total. The van der Waals surface area contributed by atoms with Crippen molar-refractivity contribution in [2.24, 2.45) is 5.73 Å². The number of ether oxygens (including phenoxy) is 1. The predicted molar refractivity (Wildman–Crippen MR) is 114 cm³/mol. The van der Waals surface area contributed by atoms with Crippen LogP contribution in [0.4, 0.5) is 11.5 Å². The lowest BCUT2D eigenvalue weighted by atomic mass is 9.99. The highest BCUT2D eigenvalue weighted by Gasteiger charge is 2.34. The van der Waals surface area contributed by atoms with Crippen molar-refractivity contribution in [2.75, 3.05) is 42.3 Å². The third kappa shape index (κ3) is 3.41. The summed E-state index contributed by atoms with van der Waals surface area (Å²) >= 11 is 1.91. The van der Waals surface area contributed by atoms with E-state index in [0.29, 0.717) is 19.8 Å². The number of hydrogen-bond acceptors (Lipinski definition) is 7. The molecule has 0 spiro atoms. The van der Waals surface area contributed by atoms with Crippen molar-refractivity contribution in [2.45, 2.75) is 17.0 Å². The van der Waals surface area contributed by atoms with Crippen LogP contribution >= 0.6 is 11.8 Å². The van der Waals surface area contributed by atoms with Crippen LogP contribution in [0.15, 0.2) is 53.7 Å². The van der Waals surface area contributed by atoms with Gasteiger partial charge >= 0.3 is 0 Å². The number of hydrogen-bond donors (Lipinski definition) is 2. The zero-order valence-electron chi connectivity index (χ0n) is 15.6. The van der Waals surface area contributed by atoms with Gasteiger partial charge in [-0.1, -0.05) is 18.2 Å². The Bertz CT molecular complexity index is 1010. The fourth-order valence-corrected chi connectivity index (χ4v) is 4.65. The maximum absolute atomic E-state index is 6.32. The Morgan fingerprint density at radius 1 is 1.25 bits per heavy atom. The Balaban J connectivity index is 1.49. The van der Waals surface area contributed by atoms with Gasteiger partial charge in [0.1, 0.15) is 5.82 Å². The summed E-state index contributed by atoms with van der Waals surface area (Å²) in [6.45, 7) is 3.67. The van der Waals surface area contributed by atoms with Crippen molar-refractivity contribution in [3.05, 3.63) is 54.4 Å². The fraction of sp³-hybridized carbons (Fsp3) is 0.333. The monoisotopic (exact) mass is 393 g/mol. The van der Waals surface area contributed by atoms with Crippen LogP contribution in [0.5, 0.6) is 0 Å². The molecule has 0 aliphatic carbocycles. The largest absolute Gasteiger partial charge is 0.382 e. The van der Waals surface area contributed by atoms with Crippen LogP contribution in [0.3, 0.4) is 0 Å². The zero-order valence-corrected chi connectivity index (χ0v) is 16.4. The number of benzene rings is 1. The fourth-order valence-electron chi connectivity index (χ4n) is 3.62. The summed E-state index contributed by atoms with van der Waals surface area (Å²) in [6, 6.07) is 12.7. The number of fused-ring (bicyclic) bond motifs is 2. The van der Waals surface area contributed by atoms with Gasteiger partial charge in [0, 0.05) is 59.8 Å². The van der Waals surface area contributed by atoms with Crippen molar-refractivity contribution < 1.29 is 4.74 Å². The average Bonchev–Trinajstić information content (AvgIpc) is 2.93. The Kier molecular flexibility index (Phi) is 4.58. The number of thioether (sulfide) groups is 1. The molecule has 5 rings (SSSR count). The Hall–Kier alpha value is -2.35. The standard InChI is InChI=1S/C21H23N5OS/c22-21(13-27-14-21)12-24-18-9-20(25-17-5-6-23-10-16(17)18)26-7-8-28-19-4-2-1-3-15(19)11-26/h1-6,9-10H,7-8,11-14,22H2,(H,24,25). The van der Waals surface area contributed by atoms with E-state index in [4.69, 9.17) is 15.5 Å². The lowest BCUT2D eigenvalue weighted by Gasteiger charge is -2.38. The van der Waals surface area contributed by atoms with Crippen molar-refractivity contribution in [1.82, 2.24) is 9.97 Å². The maximum atomic E-state index is 6.32. The molecule has 0 unspecified atom stereocenters. The summed E-state index contributed by atoms with van der Waals surface area (Å²) in [7, 11) is 0. The lowest BCUT2D eigenvalue weighted by molar-refractivity contribution is -0.0461. The number of rotatable bonds is 4. The van der Waals surface area contributed by atoms with E-state index in [-0.39, 0.29) is 5.54 Å². The Morgan fingerprint density at radius 2 is 2.14 bits per heavy atom. The minimum Gasteiger partial charge on any atom is -0.382 e. The smallest absolute Gasteiger partial charge is 0.131 e. The molecule has 1 saturated heterocycles. The van der Waals surface area contributed by atoms with E-state index in [2.05, 4.69) is 45.5 Å². The number of pyridine rings is 2. The molecule has 0 atom stereocenters. The SMILES string of the molecule is NC1(CNc2cc(N3CCSc4ccccc4C3)nc3ccncc23)COC1. The molecule has 1 aromatic carbocycles. The third-order valence-electron chi connectivity index (χ3n) is 5.28. The number of anilines is 2. The van der Waals surface area contributed by atoms with Gasteiger partial charge in [0.25, 0.3) is 0 Å². The zero-order chi connectivity index (χ0) is 19.0. The molecule has 3 aromatic rings. The molecular formula is C21H23N5OS. The molecule has 144 valence electrons. The van der Waals surface area contributed by atoms with Gasteiger partial charge in [-0.25, -0.2) is 4.98 Å². The summed E-state index contributed by atoms with van der Waals surface area (Å²) in [4.78, 5) is 12.9. The third-order valence-corrected chi connectivity index (χ3v) is 6.38. The summed E-state index contributed by atoms with van der Waals surface area (Å²) < 4.78 is 5.28. The van der Waals surface area contributed by atoms with Gasteiger partial charge in [-0.2, -0.15) is 0 Å². The first kappa shape index (κ1) is 17.7. The first-order valence-electron chi connectivity index (χ1n) is 9.51. The van der Waals surface area contributed by atoms with Gasteiger partial charge in [0.05, 0.1) is 24.3 Å². The normalized spacial score (nSPS) is 18.2. The van der Waals surface area contributed by atoms with E-state index in [9.17, 15) is 0 Å². The van der Waals surface area contributed by atoms with Crippen LogP contribution in [0, 0.1) is 0 Å². The molecule has 2 aromatic heterocycles. The first-order valence-corrected chi connectivity index (χ1v) is 10.5. The van der Waals surface area contributed by atoms with Crippen molar-refractivity contribution in [1.29, 1.82) is 0 Å². The van der Waals surface area contributed by atoms with E-state index < -0.39 is 0 Å². The minimum atomic E-state index is -0.295. The molecule has 0 bridgehead atoms. The van der Waals surface area contributed by atoms with Crippen molar-refractivity contribution in [3.63, 3.8) is 0 Å². The summed E-state index contributed by atoms with van der Waals surface area (Å²) in [5.41, 5.74) is 9.34. The van der Waals surface area contributed by atoms with E-state index >= 15 is 0 Å². The predicted octanol–water partition coefficient (Wildman–Crippen LogP) is 2.88. The summed E-state index contributed by atoms with van der Waals surface area (Å²) in [5, 5.41) is 4.54. The minimum absolute atomic E-state index is 0.295. The first-order chi connectivity index (χ1) is 13.7. The second-order valence-electron chi connectivity index (χ2n) is 7.51. The Labute approximate surface area is 168 Å². The van der Waals surface area contributed by atoms with Crippen LogP contribution in [0.2, 0.25) is 0 Å². The van der Waals surface area contributed by atoms with Crippen LogP contribution in [0.1, 0.15) is 5.56 Å². The molecule has 0 radical (unpaired) electrons. The topological polar surface area (TPSA) is 76.3 Å². The van der Waals surface area contributed by atoms with Crippen LogP contribution < -0.4 is 16.0 Å². The number of nitrogens with two attached hydrogens (primary N) is 1. The van der Waals surface area contributed by atoms with Gasteiger partial charge < -0.3 is 20.7 Å². The summed E-state index contributed by atoms with van der Waals surface area (Å²) in [6.07, 6.45) is 3.66. The van der Waals surface area contributed by atoms with Gasteiger partial charge in [-0.15, -0.1) is 11.8 Å². The molecular weight excluding hydrogens is 370 g/mol. The van der Waals surface area contributed by atoms with Gasteiger partial charge in [-0.05, 0) is 17.7 Å². The lowest BCUT2D eigenvalue weighted by Crippen LogP contribution is -2.61. The highest BCUT2D eigenvalue weighted by atomic mass is 32.2. The van der Waals surface area contributed by atoms with E-state index in [0.717, 1.165) is 41.3 Å². The van der Waals surface area contributed by atoms with Gasteiger partial charge in [0.2, 0.25) is 0 Å². The molecule has 0 saturated carbocycles. The van der Waals surface area contributed by atoms with Gasteiger partial charge in [-0.3, -0.25) is 4.98 Å². The van der Waals surface area contributed by atoms with E-state index in [1.807, 2.05) is 24.0 Å². The molecule has 2 aliphatic heterocycles. The second-order valence-corrected chi connectivity index (χ2v) is 8.64. The van der Waals surface area contributed by atoms with Crippen LogP contribution in [-0.4, -0.2) is 47.6 Å². The maximum Gasteiger partial charge on any atom is 0.131 e. The molecule has 7 heteroatoms. The molecule has 0 amide bonds. The molecule has 2 aliphatic rings. The van der Waals surface area contributed by atoms with Crippen molar-refractivity contribution in [3.8, 4) is 0 Å². The van der Waals surface area contributed by atoms with Gasteiger partial charge in [0.15, 0.2) is 0 Å². The molecule has 1 fully saturated rings. The number of nitrogens with zero attached hydrogens (tertiary/aromatic N) is 3. The van der Waals surface area contributed by atoms with Crippen molar-refractivity contribution >= 4 is 34.2 Å². The van der Waals surface area contributed by atoms with Crippen LogP contribution in [0.25, 0.3) is 10.9 Å². The number of nitrogens with one attached hydrogen (secondary N) is 1. The van der Waals surface area contributed by atoms with E-state index in [1.54, 1.807) is 6.20 Å². The molecule has 28 heavy (non-hydrogen) atoms. The second kappa shape index (κ2) is 7.24. The Morgan fingerprint density at radius 3 is 3.00 bits per heavy atom. The number of aromatic nitrogens is 2. The average molecular weight is 394 g/mol. The highest BCUT2D eigenvalue weighted by Crippen LogP contribution is 2.32.